The van der Waals surface area contributed by atoms with Crippen LogP contribution in [0.4, 0.5) is 0 Å². The van der Waals surface area contributed by atoms with Gasteiger partial charge >= 0.3 is 0 Å². The highest BCUT2D eigenvalue weighted by Gasteiger charge is 2.29. The van der Waals surface area contributed by atoms with E-state index in [-0.39, 0.29) is 23.8 Å². The Balaban J connectivity index is 1.22. The molecule has 2 aromatic carbocycles. The number of aryl methyl sites for hydroxylation is 1. The Kier molecular flexibility index (Phi) is 5.30. The number of hydrogen-bond acceptors (Lipinski definition) is 5. The minimum Gasteiger partial charge on any atom is -0.356 e. The number of aromatic amines is 1. The standard InChI is InChI=1S/C20H21N5O3S/c26-19(21-12-5-10-18-23-15-7-2-3-8-16(15)24-18)11-13-22-20-14-6-1-4-9-17(14)29(27,28)25-20/h1-4,6-9H,5,10-13H2,(H,21,26)(H,22,25)(H,23,24). The minimum atomic E-state index is -3.55. The smallest absolute Gasteiger partial charge is 0.263 e. The van der Waals surface area contributed by atoms with Crippen LogP contribution in [0.25, 0.3) is 11.0 Å². The molecule has 0 radical (unpaired) electrons. The van der Waals surface area contributed by atoms with Crippen LogP contribution >= 0.6 is 0 Å². The van der Waals surface area contributed by atoms with E-state index in [9.17, 15) is 13.2 Å². The molecular weight excluding hydrogens is 390 g/mol. The van der Waals surface area contributed by atoms with Gasteiger partial charge in [-0.3, -0.25) is 14.5 Å². The summed E-state index contributed by atoms with van der Waals surface area (Å²) in [7, 11) is -3.55. The summed E-state index contributed by atoms with van der Waals surface area (Å²) in [5.74, 6) is 1.07. The van der Waals surface area contributed by atoms with E-state index in [1.165, 1.54) is 6.07 Å². The van der Waals surface area contributed by atoms with Gasteiger partial charge in [0, 0.05) is 24.9 Å². The molecule has 0 fully saturated rings. The Labute approximate surface area is 168 Å². The number of amidine groups is 1. The Bertz CT molecular complexity index is 1150. The Morgan fingerprint density at radius 2 is 1.90 bits per heavy atom. The average molecular weight is 411 g/mol. The highest BCUT2D eigenvalue weighted by molar-refractivity contribution is 7.90. The van der Waals surface area contributed by atoms with Crippen molar-refractivity contribution in [3.8, 4) is 0 Å². The van der Waals surface area contributed by atoms with Crippen molar-refractivity contribution < 1.29 is 13.2 Å². The first-order chi connectivity index (χ1) is 14.0. The third-order valence-electron chi connectivity index (χ3n) is 4.62. The van der Waals surface area contributed by atoms with Crippen LogP contribution in [-0.4, -0.2) is 43.2 Å². The van der Waals surface area contributed by atoms with Gasteiger partial charge in [0.1, 0.15) is 11.7 Å². The second kappa shape index (κ2) is 8.04. The summed E-state index contributed by atoms with van der Waals surface area (Å²) in [6, 6.07) is 14.5. The number of rotatable bonds is 7. The van der Waals surface area contributed by atoms with E-state index < -0.39 is 10.0 Å². The highest BCUT2D eigenvalue weighted by Crippen LogP contribution is 2.22. The maximum absolute atomic E-state index is 12.0. The quantitative estimate of drug-likeness (QED) is 0.514. The molecule has 0 aliphatic carbocycles. The van der Waals surface area contributed by atoms with E-state index in [2.05, 4.69) is 25.0 Å². The minimum absolute atomic E-state index is 0.118. The number of sulfonamides is 1. The van der Waals surface area contributed by atoms with Crippen molar-refractivity contribution in [1.29, 1.82) is 0 Å². The van der Waals surface area contributed by atoms with Gasteiger partial charge in [0.2, 0.25) is 5.91 Å². The van der Waals surface area contributed by atoms with E-state index in [0.717, 1.165) is 29.7 Å². The van der Waals surface area contributed by atoms with Crippen LogP contribution in [-0.2, 0) is 21.2 Å². The molecule has 1 aliphatic heterocycles. The lowest BCUT2D eigenvalue weighted by Gasteiger charge is -2.04. The number of aliphatic imine (C=N–C) groups is 1. The Hall–Kier alpha value is -3.20. The summed E-state index contributed by atoms with van der Waals surface area (Å²) < 4.78 is 26.5. The van der Waals surface area contributed by atoms with Crippen molar-refractivity contribution in [2.75, 3.05) is 13.1 Å². The van der Waals surface area contributed by atoms with Gasteiger partial charge in [-0.25, -0.2) is 13.4 Å². The van der Waals surface area contributed by atoms with Gasteiger partial charge in [-0.15, -0.1) is 0 Å². The van der Waals surface area contributed by atoms with E-state index in [4.69, 9.17) is 0 Å². The lowest BCUT2D eigenvalue weighted by molar-refractivity contribution is -0.120. The molecule has 9 heteroatoms. The molecule has 4 rings (SSSR count). The Morgan fingerprint density at radius 1 is 1.10 bits per heavy atom. The highest BCUT2D eigenvalue weighted by atomic mass is 32.2. The number of fused-ring (bicyclic) bond motifs is 2. The maximum atomic E-state index is 12.0. The number of benzene rings is 2. The first-order valence-corrected chi connectivity index (χ1v) is 10.9. The summed E-state index contributed by atoms with van der Waals surface area (Å²) in [5, 5.41) is 2.86. The van der Waals surface area contributed by atoms with Crippen LogP contribution in [0.5, 0.6) is 0 Å². The molecule has 3 N–H and O–H groups in total. The molecule has 1 aliphatic rings. The molecule has 3 aromatic rings. The number of nitrogens with one attached hydrogen (secondary N) is 3. The average Bonchev–Trinajstić information content (AvgIpc) is 3.24. The van der Waals surface area contributed by atoms with Gasteiger partial charge < -0.3 is 10.3 Å². The molecule has 0 bridgehead atoms. The number of imidazole rings is 1. The largest absolute Gasteiger partial charge is 0.356 e. The predicted molar refractivity (Wildman–Crippen MR) is 110 cm³/mol. The number of carbonyl (C=O) groups is 1. The van der Waals surface area contributed by atoms with E-state index >= 15 is 0 Å². The van der Waals surface area contributed by atoms with Crippen molar-refractivity contribution in [1.82, 2.24) is 20.0 Å². The molecule has 8 nitrogen and oxygen atoms in total. The summed E-state index contributed by atoms with van der Waals surface area (Å²) in [5.41, 5.74) is 2.49. The van der Waals surface area contributed by atoms with Crippen LogP contribution in [0.2, 0.25) is 0 Å². The number of para-hydroxylation sites is 2. The molecule has 29 heavy (non-hydrogen) atoms. The van der Waals surface area contributed by atoms with Crippen LogP contribution < -0.4 is 10.0 Å². The normalized spacial score (nSPS) is 15.9. The van der Waals surface area contributed by atoms with Gasteiger partial charge in [-0.05, 0) is 30.7 Å². The summed E-state index contributed by atoms with van der Waals surface area (Å²) in [6.45, 7) is 0.753. The molecule has 2 heterocycles. The molecule has 0 saturated carbocycles. The van der Waals surface area contributed by atoms with Gasteiger partial charge in [-0.2, -0.15) is 0 Å². The van der Waals surface area contributed by atoms with E-state index in [1.807, 2.05) is 24.3 Å². The number of carbonyl (C=O) groups excluding carboxylic acids is 1. The molecule has 0 atom stereocenters. The van der Waals surface area contributed by atoms with E-state index in [1.54, 1.807) is 18.2 Å². The van der Waals surface area contributed by atoms with Crippen molar-refractivity contribution in [3.63, 3.8) is 0 Å². The van der Waals surface area contributed by atoms with Crippen molar-refractivity contribution in [2.45, 2.75) is 24.2 Å². The SMILES string of the molecule is O=C(CCN=C1NS(=O)(=O)c2ccccc21)NCCCc1nc2ccccc2[nH]1. The zero-order chi connectivity index (χ0) is 20.3. The fourth-order valence-corrected chi connectivity index (χ4v) is 4.47. The van der Waals surface area contributed by atoms with Crippen LogP contribution in [0.3, 0.4) is 0 Å². The van der Waals surface area contributed by atoms with Gasteiger partial charge in [-0.1, -0.05) is 24.3 Å². The lowest BCUT2D eigenvalue weighted by Crippen LogP contribution is -2.26. The van der Waals surface area contributed by atoms with Crippen LogP contribution in [0.15, 0.2) is 58.4 Å². The van der Waals surface area contributed by atoms with Gasteiger partial charge in [0.15, 0.2) is 0 Å². The summed E-state index contributed by atoms with van der Waals surface area (Å²) in [6.07, 6.45) is 1.71. The number of H-pyrrole nitrogens is 1. The zero-order valence-electron chi connectivity index (χ0n) is 15.7. The second-order valence-corrected chi connectivity index (χ2v) is 8.39. The van der Waals surface area contributed by atoms with Crippen molar-refractivity contribution >= 4 is 32.8 Å². The summed E-state index contributed by atoms with van der Waals surface area (Å²) in [4.78, 5) is 24.2. The van der Waals surface area contributed by atoms with Gasteiger partial charge in [0.25, 0.3) is 10.0 Å². The fraction of sp³-hybridized carbons (Fsp3) is 0.250. The van der Waals surface area contributed by atoms with Crippen LogP contribution in [0.1, 0.15) is 24.2 Å². The first kappa shape index (κ1) is 19.1. The van der Waals surface area contributed by atoms with Crippen LogP contribution in [0, 0.1) is 0 Å². The van der Waals surface area contributed by atoms with Crippen molar-refractivity contribution in [3.05, 3.63) is 59.9 Å². The fourth-order valence-electron chi connectivity index (χ4n) is 3.22. The monoisotopic (exact) mass is 411 g/mol. The topological polar surface area (TPSA) is 116 Å². The number of hydrogen-bond donors (Lipinski definition) is 3. The number of nitrogens with zero attached hydrogens (tertiary/aromatic N) is 2. The van der Waals surface area contributed by atoms with Gasteiger partial charge in [0.05, 0.1) is 22.5 Å². The zero-order valence-corrected chi connectivity index (χ0v) is 16.5. The number of aromatic nitrogens is 2. The molecule has 0 saturated heterocycles. The third-order valence-corrected chi connectivity index (χ3v) is 6.02. The maximum Gasteiger partial charge on any atom is 0.263 e. The molecule has 1 aromatic heterocycles. The summed E-state index contributed by atoms with van der Waals surface area (Å²) >= 11 is 0. The third kappa shape index (κ3) is 4.29. The van der Waals surface area contributed by atoms with E-state index in [0.29, 0.717) is 17.9 Å². The Morgan fingerprint density at radius 3 is 2.76 bits per heavy atom. The predicted octanol–water partition coefficient (Wildman–Crippen LogP) is 1.74. The molecule has 0 spiro atoms. The second-order valence-electron chi connectivity index (χ2n) is 6.74. The number of amides is 1. The van der Waals surface area contributed by atoms with Crippen molar-refractivity contribution in [2.24, 2.45) is 4.99 Å². The molecule has 150 valence electrons. The first-order valence-electron chi connectivity index (χ1n) is 9.40. The lowest BCUT2D eigenvalue weighted by atomic mass is 10.2. The molecular formula is C20H21N5O3S. The molecule has 1 amide bonds. The molecule has 0 unspecified atom stereocenters.